The quantitative estimate of drug-likeness (QED) is 0.292. The van der Waals surface area contributed by atoms with Gasteiger partial charge in [-0.15, -0.1) is 0 Å². The van der Waals surface area contributed by atoms with Gasteiger partial charge in [-0.1, -0.05) is 36.4 Å². The molecule has 2 amide bonds. The molecule has 1 saturated heterocycles. The van der Waals surface area contributed by atoms with Gasteiger partial charge in [-0.25, -0.2) is 9.78 Å². The Morgan fingerprint density at radius 3 is 2.60 bits per heavy atom. The van der Waals surface area contributed by atoms with Crippen molar-refractivity contribution in [3.63, 3.8) is 0 Å². The van der Waals surface area contributed by atoms with Crippen LogP contribution in [0.4, 0.5) is 16.3 Å². The molecule has 224 valence electrons. The Kier molecular flexibility index (Phi) is 9.68. The number of nitrogens with two attached hydrogens (primary N) is 1. The molecular formula is C33H39N7O3. The summed E-state index contributed by atoms with van der Waals surface area (Å²) in [7, 11) is 1.89. The van der Waals surface area contributed by atoms with Crippen molar-refractivity contribution >= 4 is 35.0 Å². The number of hydrogen-bond donors (Lipinski definition) is 2. The normalized spacial score (nSPS) is 17.3. The van der Waals surface area contributed by atoms with Gasteiger partial charge in [0.15, 0.2) is 11.8 Å². The first-order valence-corrected chi connectivity index (χ1v) is 14.7. The van der Waals surface area contributed by atoms with Crippen LogP contribution in [-0.4, -0.2) is 83.5 Å². The molecule has 0 spiro atoms. The lowest BCUT2D eigenvalue weighted by molar-refractivity contribution is 0.0734. The lowest BCUT2D eigenvalue weighted by Gasteiger charge is -2.26. The zero-order chi connectivity index (χ0) is 30.2. The van der Waals surface area contributed by atoms with E-state index in [1.165, 1.54) is 5.56 Å². The molecule has 10 nitrogen and oxygen atoms in total. The third kappa shape index (κ3) is 7.58. The molecule has 1 fully saturated rings. The number of guanidine groups is 1. The van der Waals surface area contributed by atoms with Gasteiger partial charge in [-0.05, 0) is 67.3 Å². The van der Waals surface area contributed by atoms with Crippen molar-refractivity contribution in [3.05, 3.63) is 95.7 Å². The summed E-state index contributed by atoms with van der Waals surface area (Å²) in [6.07, 6.45) is 4.98. The fourth-order valence-corrected chi connectivity index (χ4v) is 5.50. The van der Waals surface area contributed by atoms with Crippen molar-refractivity contribution in [2.75, 3.05) is 45.2 Å². The number of aliphatic imine (C=N–C) groups is 1. The number of pyridine rings is 1. The van der Waals surface area contributed by atoms with E-state index in [9.17, 15) is 9.59 Å². The lowest BCUT2D eigenvalue weighted by atomic mass is 10.0. The minimum atomic E-state index is -0.306. The highest BCUT2D eigenvalue weighted by Gasteiger charge is 2.29. The van der Waals surface area contributed by atoms with E-state index < -0.39 is 0 Å². The molecule has 1 unspecified atom stereocenters. The van der Waals surface area contributed by atoms with Crippen molar-refractivity contribution in [2.45, 2.75) is 32.4 Å². The maximum absolute atomic E-state index is 13.2. The molecule has 0 aliphatic carbocycles. The monoisotopic (exact) mass is 581 g/mol. The van der Waals surface area contributed by atoms with Crippen LogP contribution in [0.2, 0.25) is 0 Å². The van der Waals surface area contributed by atoms with E-state index in [1.54, 1.807) is 30.2 Å². The summed E-state index contributed by atoms with van der Waals surface area (Å²) in [5.41, 5.74) is 10.8. The maximum atomic E-state index is 13.2. The number of nitrogens with one attached hydrogen (secondary N) is 1. The van der Waals surface area contributed by atoms with Gasteiger partial charge in [0, 0.05) is 68.8 Å². The van der Waals surface area contributed by atoms with Crippen LogP contribution in [0.25, 0.3) is 5.57 Å². The number of ether oxygens (including phenoxy) is 1. The number of hydrogen-bond acceptors (Lipinski definition) is 6. The summed E-state index contributed by atoms with van der Waals surface area (Å²) in [6.45, 7) is 5.90. The van der Waals surface area contributed by atoms with Crippen LogP contribution in [0.15, 0.2) is 84.0 Å². The van der Waals surface area contributed by atoms with Crippen molar-refractivity contribution in [1.82, 2.24) is 19.7 Å². The average Bonchev–Trinajstić information content (AvgIpc) is 3.50. The van der Waals surface area contributed by atoms with Crippen molar-refractivity contribution in [1.29, 1.82) is 0 Å². The third-order valence-electron chi connectivity index (χ3n) is 7.86. The van der Waals surface area contributed by atoms with Crippen LogP contribution >= 0.6 is 0 Å². The van der Waals surface area contributed by atoms with Gasteiger partial charge in [0.05, 0.1) is 6.61 Å². The van der Waals surface area contributed by atoms with Crippen molar-refractivity contribution in [3.8, 4) is 0 Å². The Bertz CT molecular complexity index is 1470. The number of carbonyl (C=O) groups is 2. The van der Waals surface area contributed by atoms with Gasteiger partial charge in [0.25, 0.3) is 5.91 Å². The highest BCUT2D eigenvalue weighted by atomic mass is 16.6. The first kappa shape index (κ1) is 29.8. The minimum Gasteiger partial charge on any atom is -0.450 e. The summed E-state index contributed by atoms with van der Waals surface area (Å²) >= 11 is 0. The van der Waals surface area contributed by atoms with Gasteiger partial charge in [-0.2, -0.15) is 4.99 Å². The molecule has 5 rings (SSSR count). The molecule has 2 aromatic carbocycles. The van der Waals surface area contributed by atoms with Gasteiger partial charge in [0.1, 0.15) is 0 Å². The van der Waals surface area contributed by atoms with E-state index in [1.807, 2.05) is 48.4 Å². The smallest absolute Gasteiger partial charge is 0.410 e. The van der Waals surface area contributed by atoms with Crippen LogP contribution in [0, 0.1) is 0 Å². The zero-order valence-corrected chi connectivity index (χ0v) is 24.8. The Labute approximate surface area is 252 Å². The van der Waals surface area contributed by atoms with Gasteiger partial charge < -0.3 is 25.6 Å². The number of nitrogens with zero attached hydrogens (tertiary/aromatic N) is 5. The maximum Gasteiger partial charge on any atom is 0.410 e. The van der Waals surface area contributed by atoms with E-state index in [0.717, 1.165) is 42.9 Å². The molecular weight excluding hydrogens is 542 g/mol. The topological polar surface area (TPSA) is 116 Å². The molecule has 0 radical (unpaired) electrons. The fourth-order valence-electron chi connectivity index (χ4n) is 5.50. The average molecular weight is 582 g/mol. The van der Waals surface area contributed by atoms with Gasteiger partial charge >= 0.3 is 6.09 Å². The Balaban J connectivity index is 1.18. The highest BCUT2D eigenvalue weighted by Crippen LogP contribution is 2.29. The van der Waals surface area contributed by atoms with Crippen molar-refractivity contribution < 1.29 is 14.3 Å². The number of benzene rings is 2. The minimum absolute atomic E-state index is 0.000145. The predicted molar refractivity (Wildman–Crippen MR) is 169 cm³/mol. The van der Waals surface area contributed by atoms with Gasteiger partial charge in [0.2, 0.25) is 0 Å². The largest absolute Gasteiger partial charge is 0.450 e. The molecule has 0 saturated carbocycles. The molecule has 10 heteroatoms. The second-order valence-electron chi connectivity index (χ2n) is 10.8. The van der Waals surface area contributed by atoms with Crippen LogP contribution in [0.3, 0.4) is 0 Å². The molecule has 0 bridgehead atoms. The van der Waals surface area contributed by atoms with Crippen LogP contribution in [-0.2, 0) is 11.3 Å². The van der Waals surface area contributed by atoms with Crippen molar-refractivity contribution in [2.24, 2.45) is 10.7 Å². The second kappa shape index (κ2) is 14.0. The lowest BCUT2D eigenvalue weighted by Crippen LogP contribution is -2.38. The van der Waals surface area contributed by atoms with E-state index in [4.69, 9.17) is 10.5 Å². The summed E-state index contributed by atoms with van der Waals surface area (Å²) in [5.74, 6) is 0.681. The third-order valence-corrected chi connectivity index (χ3v) is 7.86. The molecule has 2 aliphatic rings. The number of carbonyl (C=O) groups excluding carboxylic acids is 2. The first-order chi connectivity index (χ1) is 20.9. The standard InChI is InChI=1S/C33H39N7O3/c1-3-43-33(42)40-20-15-25(16-21-40)29-10-7-18-35-30(29)37-32(34)36-27-13-11-26(12-14-27)31(41)38(2)28-17-19-39(23-28)22-24-8-5-4-6-9-24/h4-15,18,28H,3,16-17,19-23H2,1-2H3,(H3,34,35,36,37). The first-order valence-electron chi connectivity index (χ1n) is 14.7. The second-order valence-corrected chi connectivity index (χ2v) is 10.8. The summed E-state index contributed by atoms with van der Waals surface area (Å²) in [5, 5.41) is 3.10. The number of anilines is 1. The van der Waals surface area contributed by atoms with E-state index in [-0.39, 0.29) is 24.0 Å². The molecule has 1 atom stereocenters. The Morgan fingerprint density at radius 2 is 1.88 bits per heavy atom. The molecule has 3 N–H and O–H groups in total. The number of amides is 2. The summed E-state index contributed by atoms with van der Waals surface area (Å²) < 4.78 is 5.11. The van der Waals surface area contributed by atoms with Gasteiger partial charge in [-0.3, -0.25) is 9.69 Å². The predicted octanol–water partition coefficient (Wildman–Crippen LogP) is 4.73. The Morgan fingerprint density at radius 1 is 1.09 bits per heavy atom. The highest BCUT2D eigenvalue weighted by molar-refractivity contribution is 5.97. The van der Waals surface area contributed by atoms with E-state index in [2.05, 4.69) is 44.5 Å². The summed E-state index contributed by atoms with van der Waals surface area (Å²) in [6, 6.07) is 21.7. The van der Waals surface area contributed by atoms with E-state index in [0.29, 0.717) is 37.5 Å². The summed E-state index contributed by atoms with van der Waals surface area (Å²) in [4.78, 5) is 40.2. The van der Waals surface area contributed by atoms with Crippen LogP contribution in [0.5, 0.6) is 0 Å². The molecule has 43 heavy (non-hydrogen) atoms. The molecule has 1 aromatic heterocycles. The number of aromatic nitrogens is 1. The number of likely N-dealkylation sites (N-methyl/N-ethyl adjacent to an activating group) is 1. The van der Waals surface area contributed by atoms with E-state index >= 15 is 0 Å². The van der Waals surface area contributed by atoms with Crippen LogP contribution < -0.4 is 11.1 Å². The SMILES string of the molecule is CCOC(=O)N1CC=C(c2cccnc2/N=C(\N)Nc2ccc(C(=O)N(C)C3CCN(Cc4ccccc4)C3)cc2)CC1. The number of rotatable bonds is 8. The molecule has 3 aromatic rings. The Hall–Kier alpha value is -4.70. The molecule has 2 aliphatic heterocycles. The number of likely N-dealkylation sites (tertiary alicyclic amines) is 1. The molecule has 3 heterocycles. The fraction of sp³-hybridized carbons (Fsp3) is 0.333. The van der Waals surface area contributed by atoms with Crippen LogP contribution in [0.1, 0.15) is 41.3 Å². The zero-order valence-electron chi connectivity index (χ0n) is 24.8.